The van der Waals surface area contributed by atoms with Crippen molar-refractivity contribution in [1.29, 1.82) is 0 Å². The van der Waals surface area contributed by atoms with Gasteiger partial charge in [-0.15, -0.1) is 0 Å². The van der Waals surface area contributed by atoms with Gasteiger partial charge in [0.1, 0.15) is 18.0 Å². The molecular weight excluding hydrogens is 466 g/mol. The summed E-state index contributed by atoms with van der Waals surface area (Å²) in [5.41, 5.74) is 0.601. The number of amides is 2. The number of aliphatic hydroxyl groups is 2. The second-order valence-corrected chi connectivity index (χ2v) is 9.82. The first-order chi connectivity index (χ1) is 17.0. The molecule has 1 fully saturated rings. The van der Waals surface area contributed by atoms with E-state index in [0.717, 1.165) is 0 Å². The zero-order valence-corrected chi connectivity index (χ0v) is 21.5. The lowest BCUT2D eigenvalue weighted by molar-refractivity contribution is -0.145. The predicted molar refractivity (Wildman–Crippen MR) is 132 cm³/mol. The van der Waals surface area contributed by atoms with E-state index in [4.69, 9.17) is 9.47 Å². The van der Waals surface area contributed by atoms with Crippen LogP contribution in [0.5, 0.6) is 0 Å². The van der Waals surface area contributed by atoms with Crippen molar-refractivity contribution in [2.45, 2.75) is 83.7 Å². The minimum Gasteiger partial charge on any atom is -0.454 e. The maximum Gasteiger partial charge on any atom is 0.331 e. The molecule has 2 rings (SSSR count). The fraction of sp³-hybridized carbons (Fsp3) is 0.630. The Morgan fingerprint density at radius 3 is 2.47 bits per heavy atom. The molecule has 2 heterocycles. The number of rotatable bonds is 7. The van der Waals surface area contributed by atoms with E-state index in [1.54, 1.807) is 32.1 Å². The summed E-state index contributed by atoms with van der Waals surface area (Å²) in [4.78, 5) is 48.7. The molecule has 0 bridgehead atoms. The summed E-state index contributed by atoms with van der Waals surface area (Å²) >= 11 is 0. The Morgan fingerprint density at radius 1 is 1.19 bits per heavy atom. The van der Waals surface area contributed by atoms with Crippen LogP contribution in [0.1, 0.15) is 59.3 Å². The van der Waals surface area contributed by atoms with Gasteiger partial charge in [0.2, 0.25) is 11.8 Å². The topological polar surface area (TPSA) is 139 Å². The highest BCUT2D eigenvalue weighted by Crippen LogP contribution is 2.26. The molecule has 0 aromatic heterocycles. The maximum absolute atomic E-state index is 13.1. The van der Waals surface area contributed by atoms with E-state index in [-0.39, 0.29) is 55.1 Å². The van der Waals surface area contributed by atoms with Crippen molar-refractivity contribution in [3.8, 4) is 0 Å². The average molecular weight is 506 g/mol. The van der Waals surface area contributed by atoms with Gasteiger partial charge < -0.3 is 19.7 Å². The zero-order valence-electron chi connectivity index (χ0n) is 21.5. The van der Waals surface area contributed by atoms with Crippen LogP contribution in [0, 0.1) is 17.8 Å². The minimum atomic E-state index is -1.03. The van der Waals surface area contributed by atoms with Crippen LogP contribution in [0.3, 0.4) is 0 Å². The van der Waals surface area contributed by atoms with Crippen molar-refractivity contribution in [3.05, 3.63) is 36.0 Å². The van der Waals surface area contributed by atoms with Gasteiger partial charge in [-0.2, -0.15) is 0 Å². The summed E-state index contributed by atoms with van der Waals surface area (Å²) in [6, 6.07) is 0. The molecular formula is C27H39NO8. The smallest absolute Gasteiger partial charge is 0.331 e. The third kappa shape index (κ3) is 9.11. The molecule has 0 aromatic carbocycles. The molecule has 2 amide bonds. The molecule has 36 heavy (non-hydrogen) atoms. The highest BCUT2D eigenvalue weighted by molar-refractivity contribution is 5.97. The number of allylic oxidation sites excluding steroid dienone is 2. The van der Waals surface area contributed by atoms with Gasteiger partial charge in [-0.05, 0) is 37.7 Å². The molecule has 0 spiro atoms. The number of imide groups is 1. The Morgan fingerprint density at radius 2 is 1.83 bits per heavy atom. The molecule has 200 valence electrons. The number of hydrogen-bond donors (Lipinski definition) is 3. The second kappa shape index (κ2) is 14.2. The second-order valence-electron chi connectivity index (χ2n) is 9.82. The van der Waals surface area contributed by atoms with Crippen molar-refractivity contribution in [2.24, 2.45) is 17.8 Å². The fourth-order valence-corrected chi connectivity index (χ4v) is 4.67. The first-order valence-corrected chi connectivity index (χ1v) is 12.5. The van der Waals surface area contributed by atoms with Gasteiger partial charge in [-0.25, -0.2) is 4.79 Å². The minimum absolute atomic E-state index is 0.124. The van der Waals surface area contributed by atoms with Crippen LogP contribution in [0.4, 0.5) is 0 Å². The van der Waals surface area contributed by atoms with E-state index < -0.39 is 36.3 Å². The SMILES string of the molecule is CO[C@H]1C=CCCC=CC(=O)O[C@@H]([C@@H](C)C(=O)C[C@H](O)CC2CC(=O)NC(=O)C2)C(C)=C[C@H](C)[C@H]1O. The number of Topliss-reactive ketones (excluding diaryl/α,β-unsaturated/α-hetero) is 1. The first kappa shape index (κ1) is 29.6. The number of carbonyl (C=O) groups excluding carboxylic acids is 4. The summed E-state index contributed by atoms with van der Waals surface area (Å²) in [5.74, 6) is -3.10. The van der Waals surface area contributed by atoms with Crippen molar-refractivity contribution in [2.75, 3.05) is 7.11 Å². The summed E-state index contributed by atoms with van der Waals surface area (Å²) in [6.07, 6.45) is 6.66. The lowest BCUT2D eigenvalue weighted by atomic mass is 9.85. The van der Waals surface area contributed by atoms with Gasteiger partial charge in [0.25, 0.3) is 0 Å². The lowest BCUT2D eigenvalue weighted by Crippen LogP contribution is -2.40. The standard InChI is InChI=1S/C27H39NO8/c1-16-11-17(2)27(36-25(33)10-8-6-5-7-9-22(35-4)26(16)34)18(3)21(30)15-20(29)12-19-13-23(31)28-24(32)14-19/h7-11,16,18-20,22,26-27,29,34H,5-6,12-15H2,1-4H3,(H,28,31,32)/t16-,18-,20+,22-,26+,27+/m0/s1. The number of esters is 1. The van der Waals surface area contributed by atoms with Crippen LogP contribution in [0.15, 0.2) is 36.0 Å². The monoisotopic (exact) mass is 505 g/mol. The third-order valence-corrected chi connectivity index (χ3v) is 6.68. The molecule has 0 unspecified atom stereocenters. The Hall–Kier alpha value is -2.62. The average Bonchev–Trinajstić information content (AvgIpc) is 2.79. The molecule has 0 aliphatic carbocycles. The third-order valence-electron chi connectivity index (χ3n) is 6.68. The molecule has 3 N–H and O–H groups in total. The molecule has 9 nitrogen and oxygen atoms in total. The van der Waals surface area contributed by atoms with Crippen molar-refractivity contribution >= 4 is 23.6 Å². The van der Waals surface area contributed by atoms with Crippen LogP contribution >= 0.6 is 0 Å². The zero-order chi connectivity index (χ0) is 26.8. The normalized spacial score (nSPS) is 28.5. The van der Waals surface area contributed by atoms with Crippen LogP contribution < -0.4 is 5.32 Å². The molecule has 6 atom stereocenters. The number of hydrogen-bond acceptors (Lipinski definition) is 8. The van der Waals surface area contributed by atoms with E-state index in [0.29, 0.717) is 18.4 Å². The maximum atomic E-state index is 13.1. The van der Waals surface area contributed by atoms with Crippen LogP contribution in [0.2, 0.25) is 0 Å². The number of ketones is 1. The number of aliphatic hydroxyl groups excluding tert-OH is 2. The summed E-state index contributed by atoms with van der Waals surface area (Å²) in [7, 11) is 1.52. The van der Waals surface area contributed by atoms with E-state index in [2.05, 4.69) is 5.32 Å². The van der Waals surface area contributed by atoms with Gasteiger partial charge in [-0.3, -0.25) is 19.7 Å². The van der Waals surface area contributed by atoms with E-state index in [1.165, 1.54) is 13.2 Å². The Balaban J connectivity index is 2.17. The highest BCUT2D eigenvalue weighted by Gasteiger charge is 2.33. The summed E-state index contributed by atoms with van der Waals surface area (Å²) in [6.45, 7) is 5.19. The van der Waals surface area contributed by atoms with Crippen molar-refractivity contribution < 1.29 is 38.9 Å². The Bertz CT molecular complexity index is 876. The van der Waals surface area contributed by atoms with Gasteiger partial charge in [0, 0.05) is 38.4 Å². The van der Waals surface area contributed by atoms with Crippen molar-refractivity contribution in [3.63, 3.8) is 0 Å². The van der Waals surface area contributed by atoms with E-state index >= 15 is 0 Å². The van der Waals surface area contributed by atoms with E-state index in [9.17, 15) is 29.4 Å². The quantitative estimate of drug-likeness (QED) is 0.272. The fourth-order valence-electron chi connectivity index (χ4n) is 4.67. The summed E-state index contributed by atoms with van der Waals surface area (Å²) in [5, 5.41) is 23.5. The lowest BCUT2D eigenvalue weighted by Gasteiger charge is -2.28. The molecule has 9 heteroatoms. The number of methoxy groups -OCH3 is 1. The van der Waals surface area contributed by atoms with Crippen LogP contribution in [-0.2, 0) is 28.7 Å². The first-order valence-electron chi connectivity index (χ1n) is 12.5. The van der Waals surface area contributed by atoms with Crippen LogP contribution in [0.25, 0.3) is 0 Å². The Kier molecular flexibility index (Phi) is 11.7. The predicted octanol–water partition coefficient (Wildman–Crippen LogP) is 2.16. The van der Waals surface area contributed by atoms with Gasteiger partial charge in [0.15, 0.2) is 0 Å². The molecule has 0 aromatic rings. The summed E-state index contributed by atoms with van der Waals surface area (Å²) < 4.78 is 11.1. The molecule has 2 aliphatic rings. The number of nitrogens with one attached hydrogen (secondary N) is 1. The number of cyclic esters (lactones) is 1. The van der Waals surface area contributed by atoms with Gasteiger partial charge in [-0.1, -0.05) is 38.2 Å². The van der Waals surface area contributed by atoms with Gasteiger partial charge >= 0.3 is 5.97 Å². The molecule has 0 saturated carbocycles. The Labute approximate surface area is 212 Å². The number of piperidine rings is 1. The largest absolute Gasteiger partial charge is 0.454 e. The molecule has 1 saturated heterocycles. The molecule has 0 radical (unpaired) electrons. The number of ether oxygens (including phenoxy) is 2. The van der Waals surface area contributed by atoms with Gasteiger partial charge in [0.05, 0.1) is 18.1 Å². The molecule has 2 aliphatic heterocycles. The van der Waals surface area contributed by atoms with Crippen LogP contribution in [-0.4, -0.2) is 65.3 Å². The van der Waals surface area contributed by atoms with E-state index in [1.807, 2.05) is 13.0 Å². The van der Waals surface area contributed by atoms with Crippen molar-refractivity contribution in [1.82, 2.24) is 5.32 Å². The number of carbonyl (C=O) groups is 4. The highest BCUT2D eigenvalue weighted by atomic mass is 16.5.